The average molecular weight is 566 g/mol. The minimum Gasteiger partial charge on any atom is -0.466 e. The molecule has 0 saturated carbocycles. The Morgan fingerprint density at radius 1 is 1.37 bits per heavy atom. The van der Waals surface area contributed by atoms with Gasteiger partial charge in [-0.1, -0.05) is 52.3 Å². The van der Waals surface area contributed by atoms with E-state index in [-0.39, 0.29) is 41.1 Å². The molecule has 3 saturated heterocycles. The number of esters is 1. The van der Waals surface area contributed by atoms with E-state index in [1.165, 1.54) is 0 Å². The molecule has 7 nitrogen and oxygen atoms in total. The van der Waals surface area contributed by atoms with Crippen molar-refractivity contribution in [3.05, 3.63) is 48.6 Å². The first kappa shape index (κ1) is 26.2. The summed E-state index contributed by atoms with van der Waals surface area (Å²) >= 11 is 5.32. The van der Waals surface area contributed by atoms with Gasteiger partial charge >= 0.3 is 5.97 Å². The van der Waals surface area contributed by atoms with E-state index in [0.717, 1.165) is 5.56 Å². The van der Waals surface area contributed by atoms with E-state index in [1.807, 2.05) is 44.2 Å². The molecule has 4 rings (SSSR count). The second-order valence-electron chi connectivity index (χ2n) is 9.64. The molecule has 0 radical (unpaired) electrons. The van der Waals surface area contributed by atoms with Crippen LogP contribution < -0.4 is 0 Å². The Hall–Kier alpha value is -1.84. The third kappa shape index (κ3) is 4.13. The first-order chi connectivity index (χ1) is 16.7. The number of ether oxygens (including phenoxy) is 1. The maximum Gasteiger partial charge on any atom is 0.310 e. The molecule has 9 heteroatoms. The summed E-state index contributed by atoms with van der Waals surface area (Å²) in [6, 6.07) is 7.64. The number of aliphatic hydroxyl groups excluding tert-OH is 1. The van der Waals surface area contributed by atoms with Gasteiger partial charge in [0.05, 0.1) is 35.8 Å². The number of aliphatic hydroxyl groups is 1. The molecule has 3 heterocycles. The minimum absolute atomic E-state index is 0.0302. The Morgan fingerprint density at radius 3 is 2.63 bits per heavy atom. The summed E-state index contributed by atoms with van der Waals surface area (Å²) in [5.74, 6) is -2.17. The molecule has 1 aromatic carbocycles. The van der Waals surface area contributed by atoms with E-state index < -0.39 is 34.6 Å². The van der Waals surface area contributed by atoms with Crippen LogP contribution in [-0.4, -0.2) is 79.4 Å². The van der Waals surface area contributed by atoms with E-state index in [9.17, 15) is 19.5 Å². The van der Waals surface area contributed by atoms with Crippen LogP contribution in [0.5, 0.6) is 0 Å². The van der Waals surface area contributed by atoms with Crippen LogP contribution in [0.25, 0.3) is 0 Å². The summed E-state index contributed by atoms with van der Waals surface area (Å²) in [5.41, 5.74) is 0.750. The number of hydrogen-bond acceptors (Lipinski definition) is 6. The highest BCUT2D eigenvalue weighted by molar-refractivity contribution is 9.09. The normalized spacial score (nSPS) is 32.0. The summed E-state index contributed by atoms with van der Waals surface area (Å²) in [4.78, 5) is 44.9. The molecule has 3 aliphatic heterocycles. The molecular formula is C26H33BrN2O5S. The fraction of sp³-hybridized carbons (Fsp3) is 0.577. The molecule has 7 atom stereocenters. The van der Waals surface area contributed by atoms with Gasteiger partial charge in [-0.3, -0.25) is 14.4 Å². The second-order valence-corrected chi connectivity index (χ2v) is 12.4. The number of nitrogens with zero attached hydrogens (tertiary/aromatic N) is 2. The molecule has 1 aromatic rings. The number of fused-ring (bicyclic) bond motifs is 1. The van der Waals surface area contributed by atoms with Crippen LogP contribution in [0, 0.1) is 11.8 Å². The summed E-state index contributed by atoms with van der Waals surface area (Å²) in [6.45, 7) is 9.68. The quantitative estimate of drug-likeness (QED) is 0.281. The Morgan fingerprint density at radius 2 is 2.06 bits per heavy atom. The fourth-order valence-corrected chi connectivity index (χ4v) is 9.65. The number of benzene rings is 1. The smallest absolute Gasteiger partial charge is 0.310 e. The first-order valence-electron chi connectivity index (χ1n) is 12.1. The molecule has 2 amide bonds. The van der Waals surface area contributed by atoms with Crippen LogP contribution in [0.15, 0.2) is 43.0 Å². The number of hydrogen-bond donors (Lipinski definition) is 1. The van der Waals surface area contributed by atoms with E-state index in [2.05, 4.69) is 22.5 Å². The van der Waals surface area contributed by atoms with Crippen molar-refractivity contribution in [2.45, 2.75) is 60.1 Å². The van der Waals surface area contributed by atoms with Gasteiger partial charge in [-0.2, -0.15) is 0 Å². The van der Waals surface area contributed by atoms with Crippen LogP contribution in [0.4, 0.5) is 0 Å². The van der Waals surface area contributed by atoms with Gasteiger partial charge in [-0.05, 0) is 32.8 Å². The fourth-order valence-electron chi connectivity index (χ4n) is 6.07. The van der Waals surface area contributed by atoms with Crippen molar-refractivity contribution >= 4 is 45.5 Å². The van der Waals surface area contributed by atoms with Crippen molar-refractivity contribution in [1.82, 2.24) is 9.80 Å². The van der Waals surface area contributed by atoms with Gasteiger partial charge in [-0.25, -0.2) is 0 Å². The summed E-state index contributed by atoms with van der Waals surface area (Å²) < 4.78 is 4.61. The van der Waals surface area contributed by atoms with Crippen molar-refractivity contribution in [2.75, 3.05) is 19.8 Å². The highest BCUT2D eigenvalue weighted by Gasteiger charge is 2.76. The average Bonchev–Trinajstić information content (AvgIpc) is 3.42. The van der Waals surface area contributed by atoms with Crippen molar-refractivity contribution in [1.29, 1.82) is 0 Å². The van der Waals surface area contributed by atoms with Crippen molar-refractivity contribution < 1.29 is 24.2 Å². The van der Waals surface area contributed by atoms with Gasteiger partial charge in [-0.15, -0.1) is 18.3 Å². The van der Waals surface area contributed by atoms with Crippen LogP contribution >= 0.6 is 27.7 Å². The second kappa shape index (κ2) is 10.3. The first-order valence-corrected chi connectivity index (χ1v) is 13.9. The van der Waals surface area contributed by atoms with Crippen LogP contribution in [-0.2, 0) is 19.1 Å². The van der Waals surface area contributed by atoms with E-state index in [1.54, 1.807) is 34.6 Å². The molecule has 1 N–H and O–H groups in total. The Kier molecular flexibility index (Phi) is 7.69. The largest absolute Gasteiger partial charge is 0.466 e. The highest BCUT2D eigenvalue weighted by atomic mass is 79.9. The highest BCUT2D eigenvalue weighted by Crippen LogP contribution is 2.68. The molecular weight excluding hydrogens is 532 g/mol. The lowest BCUT2D eigenvalue weighted by molar-refractivity contribution is -0.154. The molecule has 2 bridgehead atoms. The van der Waals surface area contributed by atoms with Gasteiger partial charge in [0, 0.05) is 22.7 Å². The third-order valence-electron chi connectivity index (χ3n) is 7.45. The summed E-state index contributed by atoms with van der Waals surface area (Å²) in [6.07, 6.45) is 2.26. The maximum absolute atomic E-state index is 14.3. The number of amides is 2. The zero-order valence-corrected chi connectivity index (χ0v) is 22.7. The molecule has 0 aromatic heterocycles. The molecule has 3 unspecified atom stereocenters. The molecule has 1 spiro atoms. The number of rotatable bonds is 9. The SMILES string of the molecule is C=CCN(C(=O)C1N([C@H](CO)c2ccccc2)C(=O)[C@@H]2[C@@H](C(=O)OCC)[C@@H]3SC12CC3Br)C(C)C. The number of thioether (sulfide) groups is 1. The Labute approximate surface area is 219 Å². The van der Waals surface area contributed by atoms with E-state index in [0.29, 0.717) is 13.0 Å². The lowest BCUT2D eigenvalue weighted by Gasteiger charge is -2.41. The molecule has 3 fully saturated rings. The van der Waals surface area contributed by atoms with Crippen molar-refractivity contribution in [3.8, 4) is 0 Å². The lowest BCUT2D eigenvalue weighted by atomic mass is 9.71. The standard InChI is InChI=1S/C26H33BrN2O5S/c1-5-12-28(15(3)4)24(32)22-26-13-17(27)21(35-26)19(25(33)34-6-2)20(26)23(31)29(22)18(14-30)16-10-8-7-9-11-16/h5,7-11,15,17-22,30H,1,6,12-14H2,2-4H3/t17?,18-,19-,20+,21-,22?,26?/m1/s1. The lowest BCUT2D eigenvalue weighted by Crippen LogP contribution is -2.57. The topological polar surface area (TPSA) is 87.2 Å². The van der Waals surface area contributed by atoms with E-state index in [4.69, 9.17) is 4.74 Å². The predicted molar refractivity (Wildman–Crippen MR) is 139 cm³/mol. The van der Waals surface area contributed by atoms with Crippen LogP contribution in [0.1, 0.15) is 38.8 Å². The van der Waals surface area contributed by atoms with Gasteiger partial charge < -0.3 is 19.6 Å². The number of carbonyl (C=O) groups is 3. The number of likely N-dealkylation sites (tertiary alicyclic amines) is 1. The molecule has 35 heavy (non-hydrogen) atoms. The van der Waals surface area contributed by atoms with E-state index >= 15 is 0 Å². The number of halogens is 1. The van der Waals surface area contributed by atoms with Gasteiger partial charge in [0.15, 0.2) is 0 Å². The maximum atomic E-state index is 14.3. The molecule has 3 aliphatic rings. The monoisotopic (exact) mass is 564 g/mol. The van der Waals surface area contributed by atoms with Crippen LogP contribution in [0.2, 0.25) is 0 Å². The molecule has 0 aliphatic carbocycles. The summed E-state index contributed by atoms with van der Waals surface area (Å²) in [5, 5.41) is 10.4. The minimum atomic E-state index is -0.825. The van der Waals surface area contributed by atoms with Crippen molar-refractivity contribution in [2.24, 2.45) is 11.8 Å². The van der Waals surface area contributed by atoms with Crippen molar-refractivity contribution in [3.63, 3.8) is 0 Å². The number of alkyl halides is 1. The predicted octanol–water partition coefficient (Wildman–Crippen LogP) is 3.17. The summed E-state index contributed by atoms with van der Waals surface area (Å²) in [7, 11) is 0. The Balaban J connectivity index is 1.87. The zero-order valence-electron chi connectivity index (χ0n) is 20.3. The zero-order chi connectivity index (χ0) is 25.5. The molecule has 190 valence electrons. The number of carbonyl (C=O) groups excluding carboxylic acids is 3. The Bertz CT molecular complexity index is 991. The van der Waals surface area contributed by atoms with Crippen LogP contribution in [0.3, 0.4) is 0 Å². The van der Waals surface area contributed by atoms with Gasteiger partial charge in [0.1, 0.15) is 6.04 Å². The van der Waals surface area contributed by atoms with Gasteiger partial charge in [0.2, 0.25) is 11.8 Å². The van der Waals surface area contributed by atoms with Gasteiger partial charge in [0.25, 0.3) is 0 Å². The third-order valence-corrected chi connectivity index (χ3v) is 10.7.